The fourth-order valence-corrected chi connectivity index (χ4v) is 3.38. The maximum Gasteiger partial charge on any atom is 0.310 e. The van der Waals surface area contributed by atoms with Gasteiger partial charge in [-0.1, -0.05) is 26.0 Å². The van der Waals surface area contributed by atoms with Crippen molar-refractivity contribution in [3.05, 3.63) is 58.1 Å². The molecule has 2 aromatic carbocycles. The van der Waals surface area contributed by atoms with Gasteiger partial charge in [0.2, 0.25) is 0 Å². The Hall–Kier alpha value is -2.43. The van der Waals surface area contributed by atoms with E-state index in [9.17, 15) is 13.6 Å². The number of alkyl halides is 2. The van der Waals surface area contributed by atoms with Gasteiger partial charge in [0, 0.05) is 12.0 Å². The lowest BCUT2D eigenvalue weighted by Crippen LogP contribution is -2.10. The lowest BCUT2D eigenvalue weighted by molar-refractivity contribution is -0.134. The molecule has 0 aromatic heterocycles. The van der Waals surface area contributed by atoms with E-state index in [0.29, 0.717) is 18.1 Å². The highest BCUT2D eigenvalue weighted by atomic mass is 19.3. The van der Waals surface area contributed by atoms with Crippen molar-refractivity contribution < 1.29 is 23.0 Å². The van der Waals surface area contributed by atoms with Crippen LogP contribution in [0.15, 0.2) is 30.3 Å². The van der Waals surface area contributed by atoms with Crippen molar-refractivity contribution in [2.45, 2.75) is 65.4 Å². The van der Waals surface area contributed by atoms with Crippen LogP contribution in [0, 0.1) is 6.92 Å². The largest absolute Gasteiger partial charge is 0.488 e. The number of esters is 1. The Morgan fingerprint density at radius 3 is 2.54 bits per heavy atom. The molecule has 1 saturated carbocycles. The zero-order chi connectivity index (χ0) is 20.3. The Morgan fingerprint density at radius 1 is 1.18 bits per heavy atom. The number of aryl methyl sites for hydroxylation is 2. The Kier molecular flexibility index (Phi) is 6.32. The van der Waals surface area contributed by atoms with E-state index in [2.05, 4.69) is 0 Å². The second-order valence-electron chi connectivity index (χ2n) is 7.19. The number of ether oxygens (including phenoxy) is 2. The van der Waals surface area contributed by atoms with Gasteiger partial charge in [0.1, 0.15) is 18.1 Å². The zero-order valence-corrected chi connectivity index (χ0v) is 16.6. The van der Waals surface area contributed by atoms with Gasteiger partial charge in [-0.25, -0.2) is 8.78 Å². The maximum atomic E-state index is 13.6. The number of halogens is 2. The molecule has 1 fully saturated rings. The van der Waals surface area contributed by atoms with E-state index in [-0.39, 0.29) is 30.3 Å². The first-order chi connectivity index (χ1) is 13.4. The second kappa shape index (κ2) is 8.72. The molecule has 0 spiro atoms. The van der Waals surface area contributed by atoms with Gasteiger partial charge in [0.25, 0.3) is 6.43 Å². The van der Waals surface area contributed by atoms with Crippen LogP contribution in [0.4, 0.5) is 8.78 Å². The lowest BCUT2D eigenvalue weighted by atomic mass is 10.0. The van der Waals surface area contributed by atoms with Crippen LogP contribution in [0.3, 0.4) is 0 Å². The van der Waals surface area contributed by atoms with Gasteiger partial charge in [0.15, 0.2) is 0 Å². The van der Waals surface area contributed by atoms with Gasteiger partial charge >= 0.3 is 5.97 Å². The van der Waals surface area contributed by atoms with Gasteiger partial charge in [-0.2, -0.15) is 0 Å². The SMILES string of the molecule is CCC(=O)Oc1cccc(C2CC2)c1COc1cc(C)c(CC)cc1C(F)F. The van der Waals surface area contributed by atoms with Gasteiger partial charge < -0.3 is 9.47 Å². The molecule has 150 valence electrons. The van der Waals surface area contributed by atoms with E-state index in [0.717, 1.165) is 35.1 Å². The summed E-state index contributed by atoms with van der Waals surface area (Å²) < 4.78 is 38.5. The normalized spacial score (nSPS) is 13.6. The van der Waals surface area contributed by atoms with Crippen molar-refractivity contribution in [2.24, 2.45) is 0 Å². The fourth-order valence-electron chi connectivity index (χ4n) is 3.38. The van der Waals surface area contributed by atoms with E-state index in [1.54, 1.807) is 19.1 Å². The average molecular weight is 388 g/mol. The molecule has 1 aliphatic carbocycles. The summed E-state index contributed by atoms with van der Waals surface area (Å²) in [6.45, 7) is 5.66. The molecule has 0 saturated heterocycles. The van der Waals surface area contributed by atoms with Crippen LogP contribution >= 0.6 is 0 Å². The first-order valence-corrected chi connectivity index (χ1v) is 9.81. The molecule has 3 nitrogen and oxygen atoms in total. The highest BCUT2D eigenvalue weighted by Gasteiger charge is 2.28. The maximum absolute atomic E-state index is 13.6. The molecule has 1 aliphatic rings. The molecule has 5 heteroatoms. The van der Waals surface area contributed by atoms with Crippen molar-refractivity contribution >= 4 is 5.97 Å². The minimum absolute atomic E-state index is 0.0869. The van der Waals surface area contributed by atoms with Crippen molar-refractivity contribution in [1.82, 2.24) is 0 Å². The summed E-state index contributed by atoms with van der Waals surface area (Å²) >= 11 is 0. The molecule has 2 aromatic rings. The summed E-state index contributed by atoms with van der Waals surface area (Å²) in [5, 5.41) is 0. The summed E-state index contributed by atoms with van der Waals surface area (Å²) in [4.78, 5) is 11.8. The van der Waals surface area contributed by atoms with E-state index in [1.807, 2.05) is 26.0 Å². The number of carbonyl (C=O) groups is 1. The van der Waals surface area contributed by atoms with Crippen molar-refractivity contribution in [1.29, 1.82) is 0 Å². The van der Waals surface area contributed by atoms with Crippen LogP contribution in [0.1, 0.15) is 73.3 Å². The molecule has 0 bridgehead atoms. The molecule has 28 heavy (non-hydrogen) atoms. The van der Waals surface area contributed by atoms with Gasteiger partial charge in [0.05, 0.1) is 5.56 Å². The molecule has 0 heterocycles. The van der Waals surface area contributed by atoms with Crippen LogP contribution < -0.4 is 9.47 Å². The van der Waals surface area contributed by atoms with Crippen LogP contribution in [0.25, 0.3) is 0 Å². The molecule has 0 N–H and O–H groups in total. The second-order valence-corrected chi connectivity index (χ2v) is 7.19. The first-order valence-electron chi connectivity index (χ1n) is 9.81. The molecule has 0 unspecified atom stereocenters. The lowest BCUT2D eigenvalue weighted by Gasteiger charge is -2.18. The molecule has 0 amide bonds. The molecular weight excluding hydrogens is 362 g/mol. The third kappa shape index (κ3) is 4.51. The summed E-state index contributed by atoms with van der Waals surface area (Å²) in [7, 11) is 0. The monoisotopic (exact) mass is 388 g/mol. The minimum atomic E-state index is -2.61. The summed E-state index contributed by atoms with van der Waals surface area (Å²) in [5.41, 5.74) is 3.55. The van der Waals surface area contributed by atoms with Crippen LogP contribution in [-0.2, 0) is 17.8 Å². The fraction of sp³-hybridized carbons (Fsp3) is 0.435. The third-order valence-corrected chi connectivity index (χ3v) is 5.16. The van der Waals surface area contributed by atoms with Crippen LogP contribution in [0.5, 0.6) is 11.5 Å². The summed E-state index contributed by atoms with van der Waals surface area (Å²) in [5.74, 6) is 0.725. The van der Waals surface area contributed by atoms with E-state index in [1.165, 1.54) is 6.07 Å². The number of rotatable bonds is 8. The average Bonchev–Trinajstić information content (AvgIpc) is 3.51. The number of hydrogen-bond donors (Lipinski definition) is 0. The topological polar surface area (TPSA) is 35.5 Å². The zero-order valence-electron chi connectivity index (χ0n) is 16.6. The Labute approximate surface area is 164 Å². The van der Waals surface area contributed by atoms with E-state index < -0.39 is 6.43 Å². The third-order valence-electron chi connectivity index (χ3n) is 5.16. The number of hydrogen-bond acceptors (Lipinski definition) is 3. The highest BCUT2D eigenvalue weighted by Crippen LogP contribution is 2.44. The van der Waals surface area contributed by atoms with E-state index >= 15 is 0 Å². The quantitative estimate of drug-likeness (QED) is 0.395. The molecule has 3 rings (SSSR count). The molecular formula is C23H26F2O3. The van der Waals surface area contributed by atoms with Crippen LogP contribution in [0.2, 0.25) is 0 Å². The van der Waals surface area contributed by atoms with Gasteiger partial charge in [-0.3, -0.25) is 4.79 Å². The smallest absolute Gasteiger partial charge is 0.310 e. The van der Waals surface area contributed by atoms with Crippen molar-refractivity contribution in [3.63, 3.8) is 0 Å². The summed E-state index contributed by atoms with van der Waals surface area (Å²) in [6, 6.07) is 8.80. The molecule has 0 atom stereocenters. The predicted octanol–water partition coefficient (Wildman–Crippen LogP) is 6.27. The molecule has 0 radical (unpaired) electrons. The predicted molar refractivity (Wildman–Crippen MR) is 104 cm³/mol. The highest BCUT2D eigenvalue weighted by molar-refractivity contribution is 5.72. The minimum Gasteiger partial charge on any atom is -0.488 e. The van der Waals surface area contributed by atoms with E-state index in [4.69, 9.17) is 9.47 Å². The Balaban J connectivity index is 1.92. The standard InChI is InChI=1S/C23H26F2O3/c1-4-15-12-18(23(24)25)21(11-14(15)3)27-13-19-17(16-9-10-16)7-6-8-20(19)28-22(26)5-2/h6-8,11-12,16,23H,4-5,9-10,13H2,1-3H3. The Morgan fingerprint density at radius 2 is 1.93 bits per heavy atom. The van der Waals surface area contributed by atoms with Crippen molar-refractivity contribution in [2.75, 3.05) is 0 Å². The first kappa shape index (κ1) is 20.3. The summed E-state index contributed by atoms with van der Waals surface area (Å²) in [6.07, 6.45) is 0.487. The number of benzene rings is 2. The van der Waals surface area contributed by atoms with Gasteiger partial charge in [-0.15, -0.1) is 0 Å². The Bertz CT molecular complexity index is 857. The van der Waals surface area contributed by atoms with Gasteiger partial charge in [-0.05, 0) is 67.0 Å². The molecule has 0 aliphatic heterocycles. The number of carbonyl (C=O) groups excluding carboxylic acids is 1. The van der Waals surface area contributed by atoms with Crippen LogP contribution in [-0.4, -0.2) is 5.97 Å². The van der Waals surface area contributed by atoms with Crippen molar-refractivity contribution in [3.8, 4) is 11.5 Å².